The first-order valence-electron chi connectivity index (χ1n) is 8.61. The molecule has 9 nitrogen and oxygen atoms in total. The van der Waals surface area contributed by atoms with E-state index in [2.05, 4.69) is 26.0 Å². The Morgan fingerprint density at radius 2 is 1.93 bits per heavy atom. The molecule has 0 unspecified atom stereocenters. The summed E-state index contributed by atoms with van der Waals surface area (Å²) in [6.45, 7) is 1.44. The van der Waals surface area contributed by atoms with Crippen LogP contribution in [0.5, 0.6) is 0 Å². The van der Waals surface area contributed by atoms with E-state index in [1.54, 1.807) is 53.3 Å². The quantitative estimate of drug-likeness (QED) is 0.570. The van der Waals surface area contributed by atoms with Crippen molar-refractivity contribution in [1.82, 2.24) is 35.4 Å². The number of carbonyl (C=O) groups excluding carboxylic acids is 2. The van der Waals surface area contributed by atoms with Crippen molar-refractivity contribution >= 4 is 11.8 Å². The summed E-state index contributed by atoms with van der Waals surface area (Å²) in [6, 6.07) is 7.29. The van der Waals surface area contributed by atoms with E-state index < -0.39 is 0 Å². The van der Waals surface area contributed by atoms with Gasteiger partial charge in [-0.25, -0.2) is 0 Å². The molecule has 0 radical (unpaired) electrons. The highest BCUT2D eigenvalue weighted by atomic mass is 16.2. The zero-order valence-electron chi connectivity index (χ0n) is 15.0. The highest BCUT2D eigenvalue weighted by Crippen LogP contribution is 2.19. The van der Waals surface area contributed by atoms with Gasteiger partial charge in [-0.1, -0.05) is 17.3 Å². The topological polar surface area (TPSA) is 107 Å². The minimum Gasteiger partial charge on any atom is -0.358 e. The monoisotopic (exact) mass is 367 g/mol. The molecule has 0 bridgehead atoms. The van der Waals surface area contributed by atoms with Crippen LogP contribution in [0.1, 0.15) is 16.8 Å². The maximum atomic E-state index is 12.2. The van der Waals surface area contributed by atoms with E-state index >= 15 is 0 Å². The highest BCUT2D eigenvalue weighted by molar-refractivity contribution is 5.94. The molecule has 2 N–H and O–H groups in total. The Morgan fingerprint density at radius 1 is 1.11 bits per heavy atom. The smallest absolute Gasteiger partial charge is 0.251 e. The van der Waals surface area contributed by atoms with Gasteiger partial charge in [0.2, 0.25) is 5.91 Å². The second-order valence-electron chi connectivity index (χ2n) is 5.95. The Labute approximate surface area is 156 Å². The van der Waals surface area contributed by atoms with Crippen molar-refractivity contribution in [2.45, 2.75) is 19.5 Å². The molecule has 2 amide bonds. The van der Waals surface area contributed by atoms with Crippen LogP contribution in [0.15, 0.2) is 49.1 Å². The largest absolute Gasteiger partial charge is 0.358 e. The minimum absolute atomic E-state index is 0.111. The van der Waals surface area contributed by atoms with Crippen molar-refractivity contribution in [2.75, 3.05) is 13.6 Å². The van der Waals surface area contributed by atoms with E-state index in [9.17, 15) is 9.59 Å². The number of hydrogen-bond donors (Lipinski definition) is 2. The number of benzene rings is 1. The number of likely N-dealkylation sites (N-methyl/N-ethyl adjacent to an activating group) is 1. The van der Waals surface area contributed by atoms with Crippen molar-refractivity contribution in [3.63, 3.8) is 0 Å². The fourth-order valence-corrected chi connectivity index (χ4v) is 2.54. The van der Waals surface area contributed by atoms with E-state index in [1.807, 2.05) is 12.1 Å². The number of nitrogens with zero attached hydrogens (tertiary/aromatic N) is 5. The van der Waals surface area contributed by atoms with Crippen molar-refractivity contribution in [3.05, 3.63) is 54.6 Å². The molecule has 27 heavy (non-hydrogen) atoms. The molecule has 0 aliphatic heterocycles. The fourth-order valence-electron chi connectivity index (χ4n) is 2.54. The van der Waals surface area contributed by atoms with Crippen LogP contribution in [-0.2, 0) is 17.9 Å². The van der Waals surface area contributed by atoms with E-state index in [0.29, 0.717) is 18.7 Å². The van der Waals surface area contributed by atoms with Crippen LogP contribution in [0, 0.1) is 0 Å². The summed E-state index contributed by atoms with van der Waals surface area (Å²) in [5, 5.41) is 17.2. The van der Waals surface area contributed by atoms with E-state index in [-0.39, 0.29) is 18.4 Å². The molecule has 0 spiro atoms. The third-order valence-electron chi connectivity index (χ3n) is 4.02. The summed E-state index contributed by atoms with van der Waals surface area (Å²) in [7, 11) is 1.59. The summed E-state index contributed by atoms with van der Waals surface area (Å²) in [6.07, 6.45) is 7.69. The van der Waals surface area contributed by atoms with E-state index in [4.69, 9.17) is 0 Å². The Kier molecular flexibility index (Phi) is 5.93. The van der Waals surface area contributed by atoms with Crippen molar-refractivity contribution in [3.8, 4) is 11.1 Å². The molecular weight excluding hydrogens is 346 g/mol. The Morgan fingerprint density at radius 3 is 2.63 bits per heavy atom. The molecule has 0 fully saturated rings. The van der Waals surface area contributed by atoms with E-state index in [1.165, 1.54) is 0 Å². The van der Waals surface area contributed by atoms with Crippen LogP contribution in [0.2, 0.25) is 0 Å². The van der Waals surface area contributed by atoms with Crippen LogP contribution >= 0.6 is 0 Å². The lowest BCUT2D eigenvalue weighted by atomic mass is 10.1. The van der Waals surface area contributed by atoms with Crippen molar-refractivity contribution < 1.29 is 9.59 Å². The summed E-state index contributed by atoms with van der Waals surface area (Å²) in [5.74, 6) is -0.226. The molecule has 0 atom stereocenters. The van der Waals surface area contributed by atoms with Crippen LogP contribution < -0.4 is 10.6 Å². The Bertz CT molecular complexity index is 885. The van der Waals surface area contributed by atoms with Crippen LogP contribution in [-0.4, -0.2) is 50.2 Å². The van der Waals surface area contributed by atoms with Gasteiger partial charge in [0, 0.05) is 43.7 Å². The highest BCUT2D eigenvalue weighted by Gasteiger charge is 2.08. The number of hydrogen-bond acceptors (Lipinski definition) is 5. The molecule has 0 aliphatic carbocycles. The predicted molar refractivity (Wildman–Crippen MR) is 98.7 cm³/mol. The molecule has 0 saturated carbocycles. The molecular formula is C18H21N7O2. The molecule has 9 heteroatoms. The Hall–Kier alpha value is -3.49. The third-order valence-corrected chi connectivity index (χ3v) is 4.02. The maximum Gasteiger partial charge on any atom is 0.251 e. The van der Waals surface area contributed by atoms with Gasteiger partial charge in [-0.2, -0.15) is 5.10 Å². The summed E-state index contributed by atoms with van der Waals surface area (Å²) < 4.78 is 3.30. The number of nitrogens with one attached hydrogen (secondary N) is 2. The maximum absolute atomic E-state index is 12.2. The van der Waals surface area contributed by atoms with Crippen LogP contribution in [0.4, 0.5) is 0 Å². The molecule has 1 aromatic carbocycles. The van der Waals surface area contributed by atoms with Crippen LogP contribution in [0.25, 0.3) is 11.1 Å². The van der Waals surface area contributed by atoms with Crippen LogP contribution in [0.3, 0.4) is 0 Å². The van der Waals surface area contributed by atoms with Gasteiger partial charge in [0.25, 0.3) is 5.91 Å². The first-order chi connectivity index (χ1) is 13.2. The molecule has 3 aromatic rings. The zero-order chi connectivity index (χ0) is 19.1. The van der Waals surface area contributed by atoms with E-state index in [0.717, 1.165) is 17.5 Å². The normalized spacial score (nSPS) is 10.6. The molecule has 2 aromatic heterocycles. The molecule has 0 saturated heterocycles. The predicted octanol–water partition coefficient (Wildman–Crippen LogP) is 0.708. The van der Waals surface area contributed by atoms with Crippen molar-refractivity contribution in [1.29, 1.82) is 0 Å². The number of aromatic nitrogens is 5. The number of aryl methyl sites for hydroxylation is 1. The van der Waals surface area contributed by atoms with Crippen molar-refractivity contribution in [2.24, 2.45) is 0 Å². The molecule has 0 aliphatic rings. The zero-order valence-corrected chi connectivity index (χ0v) is 15.0. The fraction of sp³-hybridized carbons (Fsp3) is 0.278. The van der Waals surface area contributed by atoms with Gasteiger partial charge in [-0.05, 0) is 24.1 Å². The molecule has 140 valence electrons. The average Bonchev–Trinajstić information content (AvgIpc) is 3.37. The third kappa shape index (κ3) is 5.00. The summed E-state index contributed by atoms with van der Waals surface area (Å²) >= 11 is 0. The minimum atomic E-state index is -0.115. The lowest BCUT2D eigenvalue weighted by Crippen LogP contribution is -2.25. The first-order valence-corrected chi connectivity index (χ1v) is 8.61. The lowest BCUT2D eigenvalue weighted by Gasteiger charge is -2.06. The second kappa shape index (κ2) is 8.75. The molecule has 2 heterocycles. The lowest BCUT2D eigenvalue weighted by molar-refractivity contribution is -0.121. The van der Waals surface area contributed by atoms with Gasteiger partial charge in [0.05, 0.1) is 12.4 Å². The van der Waals surface area contributed by atoms with Gasteiger partial charge in [-0.15, -0.1) is 5.10 Å². The number of rotatable bonds is 8. The Balaban J connectivity index is 1.51. The standard InChI is InChI=1S/C18H21N7O2/c1-19-17(26)13-25-12-16(11-22-25)14-3-5-15(6-4-14)18(27)20-7-2-9-24-10-8-21-23-24/h3-6,8,10-12H,2,7,9,13H2,1H3,(H,19,26)(H,20,27). The van der Waals surface area contributed by atoms with Gasteiger partial charge >= 0.3 is 0 Å². The van der Waals surface area contributed by atoms with Gasteiger partial charge in [-0.3, -0.25) is 19.0 Å². The number of amides is 2. The van der Waals surface area contributed by atoms with Gasteiger partial charge < -0.3 is 10.6 Å². The number of carbonyl (C=O) groups is 2. The first kappa shape index (κ1) is 18.3. The molecule has 3 rings (SSSR count). The van der Waals surface area contributed by atoms with Gasteiger partial charge in [0.15, 0.2) is 0 Å². The summed E-state index contributed by atoms with van der Waals surface area (Å²) in [5.41, 5.74) is 2.41. The second-order valence-corrected chi connectivity index (χ2v) is 5.95. The summed E-state index contributed by atoms with van der Waals surface area (Å²) in [4.78, 5) is 23.6. The van der Waals surface area contributed by atoms with Gasteiger partial charge in [0.1, 0.15) is 6.54 Å². The average molecular weight is 367 g/mol. The SMILES string of the molecule is CNC(=O)Cn1cc(-c2ccc(C(=O)NCCCn3ccnn3)cc2)cn1.